The number of pyridine rings is 2. The molecule has 3 aromatic heterocycles. The van der Waals surface area contributed by atoms with E-state index in [1.165, 1.54) is 26.6 Å². The van der Waals surface area contributed by atoms with Gasteiger partial charge < -0.3 is 30.2 Å². The number of aromatic nitrogens is 3. The summed E-state index contributed by atoms with van der Waals surface area (Å²) in [5.41, 5.74) is 3.45. The van der Waals surface area contributed by atoms with Gasteiger partial charge in [-0.1, -0.05) is 18.2 Å². The number of halogens is 3. The van der Waals surface area contributed by atoms with Crippen molar-refractivity contribution in [2.45, 2.75) is 12.8 Å². The van der Waals surface area contributed by atoms with E-state index in [0.717, 1.165) is 55.6 Å². The van der Waals surface area contributed by atoms with Crippen LogP contribution in [-0.4, -0.2) is 57.7 Å². The van der Waals surface area contributed by atoms with Crippen molar-refractivity contribution in [3.63, 3.8) is 0 Å². The number of hydrogen-bond acceptors (Lipinski definition) is 6. The summed E-state index contributed by atoms with van der Waals surface area (Å²) < 4.78 is 41.2. The Balaban J connectivity index is 1.66. The third kappa shape index (κ3) is 6.03. The number of rotatable bonds is 7. The molecule has 0 spiro atoms. The van der Waals surface area contributed by atoms with Crippen molar-refractivity contribution in [3.8, 4) is 22.3 Å². The Bertz CT molecular complexity index is 1760. The van der Waals surface area contributed by atoms with Crippen molar-refractivity contribution in [2.24, 2.45) is 14.1 Å². The molecular formula is C29H30F3N7O2. The molecule has 0 aliphatic carbocycles. The van der Waals surface area contributed by atoms with Crippen LogP contribution in [0, 0.1) is 5.41 Å². The van der Waals surface area contributed by atoms with E-state index in [2.05, 4.69) is 27.3 Å². The number of hydrogen-bond donors (Lipinski definition) is 4. The fourth-order valence-electron chi connectivity index (χ4n) is 5.11. The van der Waals surface area contributed by atoms with Crippen molar-refractivity contribution in [1.82, 2.24) is 29.7 Å². The third-order valence-electron chi connectivity index (χ3n) is 7.19. The summed E-state index contributed by atoms with van der Waals surface area (Å²) >= 11 is 0. The number of H-pyrrole nitrogens is 1. The molecule has 1 aromatic carbocycles. The number of nitrogens with one attached hydrogen (secondary N) is 4. The largest absolute Gasteiger partial charge is 0.481 e. The lowest BCUT2D eigenvalue weighted by Crippen LogP contribution is -2.42. The predicted molar refractivity (Wildman–Crippen MR) is 154 cm³/mol. The van der Waals surface area contributed by atoms with E-state index >= 15 is 0 Å². The second kappa shape index (κ2) is 11.2. The molecule has 0 unspecified atom stereocenters. The van der Waals surface area contributed by atoms with Gasteiger partial charge >= 0.3 is 6.30 Å². The fraction of sp³-hybridized carbons (Fsp3) is 0.276. The van der Waals surface area contributed by atoms with Crippen molar-refractivity contribution in [3.05, 3.63) is 87.0 Å². The minimum Gasteiger partial charge on any atom is -0.350 e. The third-order valence-corrected chi connectivity index (χ3v) is 7.19. The summed E-state index contributed by atoms with van der Waals surface area (Å²) in [5.74, 6) is 0. The maximum Gasteiger partial charge on any atom is 0.481 e. The highest BCUT2D eigenvalue weighted by molar-refractivity contribution is 6.10. The fourth-order valence-corrected chi connectivity index (χ4v) is 5.11. The summed E-state index contributed by atoms with van der Waals surface area (Å²) in [6, 6.07) is 11.1. The zero-order valence-electron chi connectivity index (χ0n) is 22.6. The van der Waals surface area contributed by atoms with E-state index in [1.807, 2.05) is 12.1 Å². The monoisotopic (exact) mass is 565 g/mol. The average Bonchev–Trinajstić information content (AvgIpc) is 3.38. The van der Waals surface area contributed by atoms with E-state index in [9.17, 15) is 22.8 Å². The first-order chi connectivity index (χ1) is 19.5. The van der Waals surface area contributed by atoms with Crippen molar-refractivity contribution in [1.29, 1.82) is 5.41 Å². The Hall–Kier alpha value is -4.42. The van der Waals surface area contributed by atoms with E-state index in [0.29, 0.717) is 22.7 Å². The van der Waals surface area contributed by atoms with Crippen LogP contribution >= 0.6 is 0 Å². The Morgan fingerprint density at radius 3 is 2.46 bits per heavy atom. The van der Waals surface area contributed by atoms with Crippen LogP contribution in [0.5, 0.6) is 0 Å². The van der Waals surface area contributed by atoms with Gasteiger partial charge in [0, 0.05) is 105 Å². The highest BCUT2D eigenvalue weighted by atomic mass is 19.4. The van der Waals surface area contributed by atoms with Gasteiger partial charge in [-0.25, -0.2) is 0 Å². The first-order valence-electron chi connectivity index (χ1n) is 13.1. The predicted octanol–water partition coefficient (Wildman–Crippen LogP) is 3.40. The van der Waals surface area contributed by atoms with Gasteiger partial charge in [0.25, 0.3) is 11.1 Å². The van der Waals surface area contributed by atoms with Crippen LogP contribution in [0.4, 0.5) is 13.2 Å². The van der Waals surface area contributed by atoms with E-state index in [4.69, 9.17) is 5.41 Å². The molecule has 4 aromatic rings. The molecule has 9 nitrogen and oxygen atoms in total. The number of aryl methyl sites for hydroxylation is 2. The Morgan fingerprint density at radius 2 is 1.76 bits per heavy atom. The summed E-state index contributed by atoms with van der Waals surface area (Å²) in [6.07, 6.45) is 0.117. The molecule has 0 amide bonds. The summed E-state index contributed by atoms with van der Waals surface area (Å²) in [4.78, 5) is 31.2. The zero-order chi connectivity index (χ0) is 29.3. The quantitative estimate of drug-likeness (QED) is 0.203. The molecule has 12 heteroatoms. The second-order valence-corrected chi connectivity index (χ2v) is 10.1. The highest BCUT2D eigenvalue weighted by Gasteiger charge is 2.25. The topological polar surface area (TPSA) is 111 Å². The molecule has 1 saturated heterocycles. The van der Waals surface area contributed by atoms with Crippen LogP contribution in [0.2, 0.25) is 0 Å². The molecular weight excluding hydrogens is 535 g/mol. The van der Waals surface area contributed by atoms with Crippen LogP contribution < -0.4 is 21.8 Å². The normalized spacial score (nSPS) is 14.9. The standard InChI is InChI=1S/C29H30F3N7O2/c1-37-16-23(19-5-3-4-18(10-19)15-39-8-6-34-7-9-39)21(12-26(37)40)24-17-38(2)28(41)27-22(24)11-25(36-27)20(13-33)14-35-29(30,31)32/h3-5,10-14,16-17,33-36H,6-9,15H2,1-2H3/b20-14+,33-13?. The maximum atomic E-state index is 13.0. The van der Waals surface area contributed by atoms with Crippen molar-refractivity contribution < 1.29 is 13.2 Å². The van der Waals surface area contributed by atoms with Gasteiger partial charge in [-0.3, -0.25) is 14.5 Å². The molecule has 0 bridgehead atoms. The molecule has 0 radical (unpaired) electrons. The van der Waals surface area contributed by atoms with Crippen molar-refractivity contribution in [2.75, 3.05) is 26.2 Å². The van der Waals surface area contributed by atoms with E-state index in [-0.39, 0.29) is 22.3 Å². The molecule has 0 saturated carbocycles. The Kier molecular flexibility index (Phi) is 7.70. The molecule has 0 atom stereocenters. The first-order valence-corrected chi connectivity index (χ1v) is 13.1. The molecule has 1 fully saturated rings. The minimum absolute atomic E-state index is 0.101. The number of allylic oxidation sites excluding steroid dienone is 1. The van der Waals surface area contributed by atoms with Gasteiger partial charge in [0.15, 0.2) is 0 Å². The van der Waals surface area contributed by atoms with E-state index < -0.39 is 11.9 Å². The molecule has 4 N–H and O–H groups in total. The highest BCUT2D eigenvalue weighted by Crippen LogP contribution is 2.36. The zero-order valence-corrected chi connectivity index (χ0v) is 22.6. The van der Waals surface area contributed by atoms with Crippen molar-refractivity contribution >= 4 is 22.7 Å². The van der Waals surface area contributed by atoms with Crippen LogP contribution in [0.15, 0.2) is 64.6 Å². The maximum absolute atomic E-state index is 13.0. The molecule has 4 heterocycles. The number of benzene rings is 1. The minimum atomic E-state index is -4.68. The number of nitrogens with zero attached hydrogens (tertiary/aromatic N) is 3. The number of alkyl halides is 3. The molecule has 41 heavy (non-hydrogen) atoms. The number of piperazine rings is 1. The van der Waals surface area contributed by atoms with Crippen LogP contribution in [0.1, 0.15) is 11.3 Å². The van der Waals surface area contributed by atoms with Gasteiger partial charge in [-0.15, -0.1) is 0 Å². The second-order valence-electron chi connectivity index (χ2n) is 10.1. The van der Waals surface area contributed by atoms with Gasteiger partial charge in [-0.2, -0.15) is 13.2 Å². The van der Waals surface area contributed by atoms with Gasteiger partial charge in [0.2, 0.25) is 0 Å². The Labute approximate surface area is 233 Å². The SMILES string of the molecule is Cn1cc(-c2cccc(CN3CCNCC3)c2)c(-c2cn(C)c(=O)c3[nH]c(/C(C=N)=C/NC(F)(F)F)cc23)cc1=O. The lowest BCUT2D eigenvalue weighted by molar-refractivity contribution is -0.146. The van der Waals surface area contributed by atoms with Gasteiger partial charge in [-0.05, 0) is 28.8 Å². The van der Waals surface area contributed by atoms with Crippen LogP contribution in [0.25, 0.3) is 38.7 Å². The van der Waals surface area contributed by atoms with Gasteiger partial charge in [0.1, 0.15) is 5.52 Å². The molecule has 214 valence electrons. The summed E-state index contributed by atoms with van der Waals surface area (Å²) in [6.45, 7) is 4.56. The number of aromatic amines is 1. The summed E-state index contributed by atoms with van der Waals surface area (Å²) in [7, 11) is 3.24. The summed E-state index contributed by atoms with van der Waals surface area (Å²) in [5, 5.41) is 12.7. The lowest BCUT2D eigenvalue weighted by Gasteiger charge is -2.27. The lowest BCUT2D eigenvalue weighted by atomic mass is 9.94. The average molecular weight is 566 g/mol. The first kappa shape index (κ1) is 28.1. The van der Waals surface area contributed by atoms with E-state index in [1.54, 1.807) is 26.5 Å². The van der Waals surface area contributed by atoms with Gasteiger partial charge in [0.05, 0.1) is 0 Å². The molecule has 5 rings (SSSR count). The van der Waals surface area contributed by atoms with Crippen LogP contribution in [0.3, 0.4) is 0 Å². The number of fused-ring (bicyclic) bond motifs is 1. The molecule has 1 aliphatic rings. The Morgan fingerprint density at radius 1 is 1.02 bits per heavy atom. The molecule has 1 aliphatic heterocycles. The smallest absolute Gasteiger partial charge is 0.350 e. The van der Waals surface area contributed by atoms with Crippen LogP contribution in [-0.2, 0) is 20.6 Å².